The molecule has 1 aromatic carbocycles. The first kappa shape index (κ1) is 15.6. The van der Waals surface area contributed by atoms with E-state index in [1.54, 1.807) is 6.20 Å². The number of nitrogens with one attached hydrogen (secondary N) is 1. The lowest BCUT2D eigenvalue weighted by atomic mass is 10.1. The van der Waals surface area contributed by atoms with Crippen molar-refractivity contribution in [2.24, 2.45) is 0 Å². The molecule has 0 atom stereocenters. The smallest absolute Gasteiger partial charge is 0.222 e. The quantitative estimate of drug-likeness (QED) is 0.704. The maximum absolute atomic E-state index is 11.7. The summed E-state index contributed by atoms with van der Waals surface area (Å²) in [6.07, 6.45) is 4.36. The molecular weight excluding hydrogens is 314 g/mol. The van der Waals surface area contributed by atoms with Crippen LogP contribution in [0.15, 0.2) is 48.7 Å². The zero-order chi connectivity index (χ0) is 17.1. The first-order valence-electron chi connectivity index (χ1n) is 8.73. The number of rotatable bonds is 6. The molecule has 0 radical (unpaired) electrons. The van der Waals surface area contributed by atoms with Crippen molar-refractivity contribution in [3.63, 3.8) is 0 Å². The Morgan fingerprint density at radius 3 is 2.84 bits per heavy atom. The Morgan fingerprint density at radius 1 is 1.16 bits per heavy atom. The number of carbonyl (C=O) groups excluding carboxylic acids is 1. The molecule has 1 fully saturated rings. The lowest BCUT2D eigenvalue weighted by molar-refractivity contribution is -0.127. The van der Waals surface area contributed by atoms with Gasteiger partial charge in [0, 0.05) is 43.8 Å². The van der Waals surface area contributed by atoms with Crippen LogP contribution in [-0.2, 0) is 4.79 Å². The van der Waals surface area contributed by atoms with Crippen molar-refractivity contribution in [2.75, 3.05) is 25.0 Å². The molecule has 0 spiro atoms. The van der Waals surface area contributed by atoms with Crippen molar-refractivity contribution in [2.45, 2.75) is 19.3 Å². The van der Waals surface area contributed by atoms with Crippen LogP contribution < -0.4 is 5.32 Å². The number of benzene rings is 1. The van der Waals surface area contributed by atoms with Crippen LogP contribution in [0.2, 0.25) is 0 Å². The third-order valence-corrected chi connectivity index (χ3v) is 4.51. The molecule has 1 aliphatic heterocycles. The van der Waals surface area contributed by atoms with Crippen molar-refractivity contribution < 1.29 is 4.79 Å². The molecule has 6 nitrogen and oxygen atoms in total. The minimum atomic E-state index is 0.282. The highest BCUT2D eigenvalue weighted by Crippen LogP contribution is 2.22. The standard InChI is InChI=1S/C19H21N5O/c25-19-8-4-12-23(19)13-5-10-20-18-14-16(15-6-2-1-3-7-15)22-17-9-11-21-24(17)18/h1-3,6-7,9,11,14,20H,4-5,8,10,12-13H2. The van der Waals surface area contributed by atoms with Gasteiger partial charge in [-0.15, -0.1) is 0 Å². The second kappa shape index (κ2) is 6.93. The fraction of sp³-hybridized carbons (Fsp3) is 0.316. The lowest BCUT2D eigenvalue weighted by Gasteiger charge is -2.16. The van der Waals surface area contributed by atoms with Gasteiger partial charge in [-0.05, 0) is 12.8 Å². The minimum absolute atomic E-state index is 0.282. The number of nitrogens with zero attached hydrogens (tertiary/aromatic N) is 4. The zero-order valence-corrected chi connectivity index (χ0v) is 14.1. The Labute approximate surface area is 146 Å². The molecule has 25 heavy (non-hydrogen) atoms. The Bertz CT molecular complexity index is 874. The SMILES string of the molecule is O=C1CCCN1CCCNc1cc(-c2ccccc2)nc2ccnn12. The molecule has 2 aromatic heterocycles. The average Bonchev–Trinajstić information content (AvgIpc) is 3.28. The van der Waals surface area contributed by atoms with Gasteiger partial charge >= 0.3 is 0 Å². The Balaban J connectivity index is 1.48. The summed E-state index contributed by atoms with van der Waals surface area (Å²) in [7, 11) is 0. The predicted molar refractivity (Wildman–Crippen MR) is 97.3 cm³/mol. The molecule has 0 unspecified atom stereocenters. The van der Waals surface area contributed by atoms with Gasteiger partial charge in [0.15, 0.2) is 5.65 Å². The molecule has 0 aliphatic carbocycles. The van der Waals surface area contributed by atoms with Gasteiger partial charge < -0.3 is 10.2 Å². The van der Waals surface area contributed by atoms with Gasteiger partial charge in [-0.3, -0.25) is 4.79 Å². The maximum Gasteiger partial charge on any atom is 0.222 e. The molecule has 3 aromatic rings. The third kappa shape index (κ3) is 3.33. The van der Waals surface area contributed by atoms with Crippen molar-refractivity contribution >= 4 is 17.4 Å². The van der Waals surface area contributed by atoms with Gasteiger partial charge in [-0.25, -0.2) is 4.98 Å². The van der Waals surface area contributed by atoms with Crippen LogP contribution in [0.4, 0.5) is 5.82 Å². The number of likely N-dealkylation sites (tertiary alicyclic amines) is 1. The van der Waals surface area contributed by atoms with Crippen molar-refractivity contribution in [1.29, 1.82) is 0 Å². The van der Waals surface area contributed by atoms with E-state index in [0.29, 0.717) is 6.42 Å². The van der Waals surface area contributed by atoms with Crippen LogP contribution >= 0.6 is 0 Å². The summed E-state index contributed by atoms with van der Waals surface area (Å²) >= 11 is 0. The van der Waals surface area contributed by atoms with E-state index in [4.69, 9.17) is 0 Å². The van der Waals surface area contributed by atoms with E-state index in [9.17, 15) is 4.79 Å². The van der Waals surface area contributed by atoms with Crippen LogP contribution in [0.25, 0.3) is 16.9 Å². The second-order valence-corrected chi connectivity index (χ2v) is 6.26. The van der Waals surface area contributed by atoms with Gasteiger partial charge in [-0.2, -0.15) is 9.61 Å². The summed E-state index contributed by atoms with van der Waals surface area (Å²) in [6.45, 7) is 2.50. The molecule has 0 bridgehead atoms. The molecule has 1 aliphatic rings. The fourth-order valence-corrected chi connectivity index (χ4v) is 3.22. The van der Waals surface area contributed by atoms with E-state index in [1.165, 1.54) is 0 Å². The monoisotopic (exact) mass is 335 g/mol. The summed E-state index contributed by atoms with van der Waals surface area (Å²) < 4.78 is 1.81. The number of aromatic nitrogens is 3. The van der Waals surface area contributed by atoms with Crippen molar-refractivity contribution in [1.82, 2.24) is 19.5 Å². The van der Waals surface area contributed by atoms with Crippen LogP contribution in [0, 0.1) is 0 Å². The summed E-state index contributed by atoms with van der Waals surface area (Å²) in [4.78, 5) is 18.3. The highest BCUT2D eigenvalue weighted by atomic mass is 16.2. The Morgan fingerprint density at radius 2 is 2.04 bits per heavy atom. The molecule has 4 rings (SSSR count). The molecule has 6 heteroatoms. The average molecular weight is 335 g/mol. The van der Waals surface area contributed by atoms with E-state index in [2.05, 4.69) is 27.5 Å². The van der Waals surface area contributed by atoms with Crippen LogP contribution in [-0.4, -0.2) is 45.0 Å². The molecule has 128 valence electrons. The first-order valence-corrected chi connectivity index (χ1v) is 8.73. The highest BCUT2D eigenvalue weighted by molar-refractivity contribution is 5.78. The number of amides is 1. The van der Waals surface area contributed by atoms with E-state index in [0.717, 1.165) is 55.2 Å². The molecule has 1 N–H and O–H groups in total. The number of hydrogen-bond acceptors (Lipinski definition) is 4. The topological polar surface area (TPSA) is 62.5 Å². The summed E-state index contributed by atoms with van der Waals surface area (Å²) in [5, 5.41) is 7.79. The second-order valence-electron chi connectivity index (χ2n) is 6.26. The van der Waals surface area contributed by atoms with E-state index < -0.39 is 0 Å². The van der Waals surface area contributed by atoms with Gasteiger partial charge in [0.1, 0.15) is 5.82 Å². The Kier molecular flexibility index (Phi) is 4.33. The predicted octanol–water partition coefficient (Wildman–Crippen LogP) is 2.82. The molecule has 3 heterocycles. The van der Waals surface area contributed by atoms with E-state index >= 15 is 0 Å². The van der Waals surface area contributed by atoms with Gasteiger partial charge in [-0.1, -0.05) is 30.3 Å². The van der Waals surface area contributed by atoms with Crippen LogP contribution in [0.3, 0.4) is 0 Å². The minimum Gasteiger partial charge on any atom is -0.370 e. The lowest BCUT2D eigenvalue weighted by Crippen LogP contribution is -2.27. The van der Waals surface area contributed by atoms with Gasteiger partial charge in [0.05, 0.1) is 11.9 Å². The Hall–Kier alpha value is -2.89. The first-order chi connectivity index (χ1) is 12.3. The maximum atomic E-state index is 11.7. The molecular formula is C19H21N5O. The summed E-state index contributed by atoms with van der Waals surface area (Å²) in [6, 6.07) is 14.1. The van der Waals surface area contributed by atoms with Crippen LogP contribution in [0.1, 0.15) is 19.3 Å². The van der Waals surface area contributed by atoms with Crippen LogP contribution in [0.5, 0.6) is 0 Å². The fourth-order valence-electron chi connectivity index (χ4n) is 3.22. The normalized spacial score (nSPS) is 14.4. The van der Waals surface area contributed by atoms with Gasteiger partial charge in [0.25, 0.3) is 0 Å². The molecule has 1 saturated heterocycles. The number of fused-ring (bicyclic) bond motifs is 1. The number of hydrogen-bond donors (Lipinski definition) is 1. The van der Waals surface area contributed by atoms with Gasteiger partial charge in [0.2, 0.25) is 5.91 Å². The van der Waals surface area contributed by atoms with Crippen molar-refractivity contribution in [3.05, 3.63) is 48.7 Å². The summed E-state index contributed by atoms with van der Waals surface area (Å²) in [5.41, 5.74) is 2.82. The molecule has 0 saturated carbocycles. The zero-order valence-electron chi connectivity index (χ0n) is 14.1. The third-order valence-electron chi connectivity index (χ3n) is 4.51. The van der Waals surface area contributed by atoms with E-state index in [1.807, 2.05) is 39.7 Å². The number of carbonyl (C=O) groups is 1. The van der Waals surface area contributed by atoms with Crippen molar-refractivity contribution in [3.8, 4) is 11.3 Å². The summed E-state index contributed by atoms with van der Waals surface area (Å²) in [5.74, 6) is 1.20. The van der Waals surface area contributed by atoms with E-state index in [-0.39, 0.29) is 5.91 Å². The molecule has 1 amide bonds. The largest absolute Gasteiger partial charge is 0.370 e. The number of anilines is 1. The highest BCUT2D eigenvalue weighted by Gasteiger charge is 2.19.